The van der Waals surface area contributed by atoms with Crippen LogP contribution in [0.4, 0.5) is 0 Å². The number of hydrogen-bond donors (Lipinski definition) is 0. The van der Waals surface area contributed by atoms with Crippen LogP contribution in [0.2, 0.25) is 0 Å². The molecule has 0 atom stereocenters. The number of ether oxygens (including phenoxy) is 1. The summed E-state index contributed by atoms with van der Waals surface area (Å²) >= 11 is 3.42. The predicted molar refractivity (Wildman–Crippen MR) is 77.5 cm³/mol. The van der Waals surface area contributed by atoms with Gasteiger partial charge in [0, 0.05) is 17.6 Å². The Hall–Kier alpha value is -1.88. The summed E-state index contributed by atoms with van der Waals surface area (Å²) in [6, 6.07) is 9.66. The highest BCUT2D eigenvalue weighted by Gasteiger charge is 2.08. The van der Waals surface area contributed by atoms with E-state index in [9.17, 15) is 0 Å². The lowest BCUT2D eigenvalue weighted by Crippen LogP contribution is -1.91. The molecule has 2 heterocycles. The number of rotatable bonds is 2. The third-order valence-corrected chi connectivity index (χ3v) is 3.36. The van der Waals surface area contributed by atoms with E-state index in [2.05, 4.69) is 26.0 Å². The smallest absolute Gasteiger partial charge is 0.147 e. The fourth-order valence-corrected chi connectivity index (χ4v) is 2.39. The lowest BCUT2D eigenvalue weighted by molar-refractivity contribution is 0.480. The number of benzene rings is 1. The van der Waals surface area contributed by atoms with Crippen molar-refractivity contribution in [1.82, 2.24) is 14.8 Å². The molecule has 0 amide bonds. The molecule has 1 aromatic carbocycles. The summed E-state index contributed by atoms with van der Waals surface area (Å²) in [7, 11) is 1.90. The lowest BCUT2D eigenvalue weighted by Gasteiger charge is -2.05. The topological polar surface area (TPSA) is 39.9 Å². The molecule has 0 bridgehead atoms. The first-order chi connectivity index (χ1) is 9.13. The zero-order valence-corrected chi connectivity index (χ0v) is 12.2. The fourth-order valence-electron chi connectivity index (χ4n) is 2.01. The molecule has 0 aliphatic rings. The van der Waals surface area contributed by atoms with Crippen LogP contribution in [0.5, 0.6) is 11.5 Å². The van der Waals surface area contributed by atoms with E-state index in [4.69, 9.17) is 4.74 Å². The minimum absolute atomic E-state index is 0.702. The molecule has 0 N–H and O–H groups in total. The van der Waals surface area contributed by atoms with Crippen LogP contribution in [0.3, 0.4) is 0 Å². The highest BCUT2D eigenvalue weighted by Crippen LogP contribution is 2.26. The van der Waals surface area contributed by atoms with Crippen molar-refractivity contribution in [2.24, 2.45) is 7.05 Å². The van der Waals surface area contributed by atoms with Gasteiger partial charge in [-0.15, -0.1) is 0 Å². The van der Waals surface area contributed by atoms with Crippen molar-refractivity contribution in [3.8, 4) is 11.5 Å². The number of fused-ring (bicyclic) bond motifs is 1. The van der Waals surface area contributed by atoms with Crippen molar-refractivity contribution in [3.05, 3.63) is 46.7 Å². The van der Waals surface area contributed by atoms with Crippen molar-refractivity contribution in [2.75, 3.05) is 0 Å². The van der Waals surface area contributed by atoms with Crippen LogP contribution in [0.1, 0.15) is 5.69 Å². The molecule has 4 nitrogen and oxygen atoms in total. The summed E-state index contributed by atoms with van der Waals surface area (Å²) in [5.74, 6) is 1.48. The molecule has 0 spiro atoms. The molecule has 0 saturated heterocycles. The molecule has 0 unspecified atom stereocenters. The minimum atomic E-state index is 0.702. The first kappa shape index (κ1) is 12.2. The van der Waals surface area contributed by atoms with E-state index in [0.717, 1.165) is 26.9 Å². The first-order valence-corrected chi connectivity index (χ1v) is 6.65. The van der Waals surface area contributed by atoms with Crippen LogP contribution in [0.25, 0.3) is 11.0 Å². The van der Waals surface area contributed by atoms with Gasteiger partial charge in [-0.2, -0.15) is 5.10 Å². The van der Waals surface area contributed by atoms with Crippen molar-refractivity contribution < 1.29 is 4.74 Å². The SMILES string of the molecule is Cc1nn(C)c2cc(Oc3cccc(Br)c3)cnc12. The van der Waals surface area contributed by atoms with Gasteiger partial charge in [0.2, 0.25) is 0 Å². The summed E-state index contributed by atoms with van der Waals surface area (Å²) in [6.07, 6.45) is 1.72. The van der Waals surface area contributed by atoms with Gasteiger partial charge in [0.05, 0.1) is 17.4 Å². The quantitative estimate of drug-likeness (QED) is 0.721. The summed E-state index contributed by atoms with van der Waals surface area (Å²) in [6.45, 7) is 1.95. The monoisotopic (exact) mass is 317 g/mol. The molecular weight excluding hydrogens is 306 g/mol. The number of aromatic nitrogens is 3. The van der Waals surface area contributed by atoms with E-state index in [1.165, 1.54) is 0 Å². The predicted octanol–water partition coefficient (Wildman–Crippen LogP) is 3.83. The molecule has 0 fully saturated rings. The third kappa shape index (κ3) is 2.33. The summed E-state index contributed by atoms with van der Waals surface area (Å²) in [5, 5.41) is 4.34. The van der Waals surface area contributed by atoms with E-state index < -0.39 is 0 Å². The largest absolute Gasteiger partial charge is 0.456 e. The molecule has 5 heteroatoms. The number of halogens is 1. The second-order valence-electron chi connectivity index (χ2n) is 4.31. The van der Waals surface area contributed by atoms with Crippen LogP contribution in [-0.4, -0.2) is 14.8 Å². The molecule has 3 aromatic rings. The van der Waals surface area contributed by atoms with E-state index in [0.29, 0.717) is 5.75 Å². The summed E-state index contributed by atoms with van der Waals surface area (Å²) < 4.78 is 8.59. The number of nitrogens with zero attached hydrogens (tertiary/aromatic N) is 3. The number of aryl methyl sites for hydroxylation is 2. The Morgan fingerprint density at radius 2 is 2.05 bits per heavy atom. The van der Waals surface area contributed by atoms with Crippen LogP contribution < -0.4 is 4.74 Å². The Morgan fingerprint density at radius 3 is 2.84 bits per heavy atom. The zero-order valence-electron chi connectivity index (χ0n) is 10.6. The molecule has 19 heavy (non-hydrogen) atoms. The van der Waals surface area contributed by atoms with Crippen LogP contribution in [-0.2, 0) is 7.05 Å². The third-order valence-electron chi connectivity index (χ3n) is 2.87. The van der Waals surface area contributed by atoms with E-state index >= 15 is 0 Å². The molecule has 96 valence electrons. The second kappa shape index (κ2) is 4.66. The molecule has 0 aliphatic heterocycles. The normalized spacial score (nSPS) is 10.9. The molecule has 3 rings (SSSR count). The Labute approximate surface area is 119 Å². The van der Waals surface area contributed by atoms with Gasteiger partial charge in [0.15, 0.2) is 0 Å². The Morgan fingerprint density at radius 1 is 1.21 bits per heavy atom. The zero-order chi connectivity index (χ0) is 13.4. The fraction of sp³-hybridized carbons (Fsp3) is 0.143. The molecule has 0 aliphatic carbocycles. The van der Waals surface area contributed by atoms with Gasteiger partial charge < -0.3 is 4.74 Å². The van der Waals surface area contributed by atoms with Gasteiger partial charge in [0.1, 0.15) is 17.0 Å². The highest BCUT2D eigenvalue weighted by molar-refractivity contribution is 9.10. The molecule has 0 radical (unpaired) electrons. The van der Waals surface area contributed by atoms with Crippen molar-refractivity contribution in [2.45, 2.75) is 6.92 Å². The number of hydrogen-bond acceptors (Lipinski definition) is 3. The lowest BCUT2D eigenvalue weighted by atomic mass is 10.3. The second-order valence-corrected chi connectivity index (χ2v) is 5.22. The van der Waals surface area contributed by atoms with Crippen LogP contribution >= 0.6 is 15.9 Å². The Kier molecular flexibility index (Phi) is 2.98. The summed E-state index contributed by atoms with van der Waals surface area (Å²) in [5.41, 5.74) is 2.79. The maximum Gasteiger partial charge on any atom is 0.147 e. The number of pyridine rings is 1. The standard InChI is InChI=1S/C14H12BrN3O/c1-9-14-13(18(2)17-9)7-12(8-16-14)19-11-5-3-4-10(15)6-11/h3-8H,1-2H3. The Bertz CT molecular complexity index is 752. The van der Waals surface area contributed by atoms with Crippen molar-refractivity contribution >= 4 is 27.0 Å². The average molecular weight is 318 g/mol. The van der Waals surface area contributed by atoms with Gasteiger partial charge in [-0.25, -0.2) is 4.98 Å². The van der Waals surface area contributed by atoms with Gasteiger partial charge in [0.25, 0.3) is 0 Å². The first-order valence-electron chi connectivity index (χ1n) is 5.86. The van der Waals surface area contributed by atoms with E-state index in [1.807, 2.05) is 49.0 Å². The van der Waals surface area contributed by atoms with Gasteiger partial charge >= 0.3 is 0 Å². The van der Waals surface area contributed by atoms with Gasteiger partial charge in [-0.3, -0.25) is 4.68 Å². The van der Waals surface area contributed by atoms with Gasteiger partial charge in [-0.1, -0.05) is 22.0 Å². The maximum atomic E-state index is 5.80. The molecular formula is C14H12BrN3O. The molecule has 2 aromatic heterocycles. The molecule has 0 saturated carbocycles. The summed E-state index contributed by atoms with van der Waals surface area (Å²) in [4.78, 5) is 4.40. The van der Waals surface area contributed by atoms with Gasteiger partial charge in [-0.05, 0) is 25.1 Å². The van der Waals surface area contributed by atoms with Crippen LogP contribution in [0, 0.1) is 6.92 Å². The maximum absolute atomic E-state index is 5.80. The van der Waals surface area contributed by atoms with E-state index in [-0.39, 0.29) is 0 Å². The minimum Gasteiger partial charge on any atom is -0.456 e. The Balaban J connectivity index is 2.00. The van der Waals surface area contributed by atoms with Crippen LogP contribution in [0.15, 0.2) is 41.0 Å². The van der Waals surface area contributed by atoms with E-state index in [1.54, 1.807) is 6.20 Å². The van der Waals surface area contributed by atoms with Crippen molar-refractivity contribution in [1.29, 1.82) is 0 Å². The average Bonchev–Trinajstić information content (AvgIpc) is 2.65. The van der Waals surface area contributed by atoms with Crippen molar-refractivity contribution in [3.63, 3.8) is 0 Å². The highest BCUT2D eigenvalue weighted by atomic mass is 79.9.